The van der Waals surface area contributed by atoms with Gasteiger partial charge in [-0.3, -0.25) is 4.79 Å². The Morgan fingerprint density at radius 1 is 1.20 bits per heavy atom. The van der Waals surface area contributed by atoms with E-state index in [9.17, 15) is 18.0 Å². The van der Waals surface area contributed by atoms with Crippen LogP contribution in [0.25, 0.3) is 0 Å². The lowest BCUT2D eigenvalue weighted by Crippen LogP contribution is -2.37. The molecule has 0 aromatic heterocycles. The van der Waals surface area contributed by atoms with Gasteiger partial charge in [0, 0.05) is 11.6 Å². The lowest BCUT2D eigenvalue weighted by atomic mass is 10.1. The highest BCUT2D eigenvalue weighted by molar-refractivity contribution is 6.30. The number of amides is 1. The summed E-state index contributed by atoms with van der Waals surface area (Å²) in [4.78, 5) is 12.2. The predicted molar refractivity (Wildman–Crippen MR) is 89.4 cm³/mol. The summed E-state index contributed by atoms with van der Waals surface area (Å²) in [5, 5.41) is 3.08. The van der Waals surface area contributed by atoms with Crippen molar-refractivity contribution < 1.29 is 22.7 Å². The predicted octanol–water partition coefficient (Wildman–Crippen LogP) is 4.83. The first-order chi connectivity index (χ1) is 11.8. The number of rotatable bonds is 6. The molecule has 0 aliphatic heterocycles. The Hall–Kier alpha value is -2.21. The zero-order valence-electron chi connectivity index (χ0n) is 13.4. The van der Waals surface area contributed by atoms with Crippen LogP contribution in [-0.2, 0) is 17.5 Å². The number of carbonyl (C=O) groups excluding carboxylic acids is 1. The third-order valence-corrected chi connectivity index (χ3v) is 3.69. The van der Waals surface area contributed by atoms with Gasteiger partial charge in [0.05, 0.1) is 5.56 Å². The van der Waals surface area contributed by atoms with Gasteiger partial charge in [0.15, 0.2) is 6.10 Å². The first kappa shape index (κ1) is 19.1. The van der Waals surface area contributed by atoms with Gasteiger partial charge in [-0.15, -0.1) is 0 Å². The molecule has 7 heteroatoms. The first-order valence-electron chi connectivity index (χ1n) is 7.65. The van der Waals surface area contributed by atoms with E-state index < -0.39 is 23.8 Å². The number of alkyl halides is 3. The molecule has 0 spiro atoms. The second-order valence-electron chi connectivity index (χ2n) is 5.39. The van der Waals surface area contributed by atoms with E-state index in [0.29, 0.717) is 22.8 Å². The fraction of sp³-hybridized carbons (Fsp3) is 0.278. The Kier molecular flexibility index (Phi) is 6.31. The third-order valence-electron chi connectivity index (χ3n) is 3.46. The van der Waals surface area contributed by atoms with Crippen molar-refractivity contribution in [3.8, 4) is 5.75 Å². The van der Waals surface area contributed by atoms with Gasteiger partial charge >= 0.3 is 6.18 Å². The molecule has 0 bridgehead atoms. The van der Waals surface area contributed by atoms with Crippen molar-refractivity contribution in [2.75, 3.05) is 0 Å². The summed E-state index contributed by atoms with van der Waals surface area (Å²) in [6.45, 7) is 1.76. The molecule has 0 saturated heterocycles. The van der Waals surface area contributed by atoms with Crippen molar-refractivity contribution in [3.63, 3.8) is 0 Å². The molecule has 134 valence electrons. The number of hydrogen-bond acceptors (Lipinski definition) is 2. The second-order valence-corrected chi connectivity index (χ2v) is 5.82. The quantitative estimate of drug-likeness (QED) is 0.789. The van der Waals surface area contributed by atoms with Crippen LogP contribution in [0.3, 0.4) is 0 Å². The van der Waals surface area contributed by atoms with Gasteiger partial charge in [0.25, 0.3) is 5.91 Å². The summed E-state index contributed by atoms with van der Waals surface area (Å²) in [7, 11) is 0. The summed E-state index contributed by atoms with van der Waals surface area (Å²) < 4.78 is 43.7. The van der Waals surface area contributed by atoms with E-state index in [2.05, 4.69) is 5.32 Å². The van der Waals surface area contributed by atoms with Crippen LogP contribution in [0.2, 0.25) is 5.02 Å². The maximum atomic E-state index is 12.7. The fourth-order valence-corrected chi connectivity index (χ4v) is 2.37. The number of halogens is 4. The third kappa shape index (κ3) is 5.67. The molecule has 0 unspecified atom stereocenters. The van der Waals surface area contributed by atoms with Crippen molar-refractivity contribution in [1.29, 1.82) is 0 Å². The highest BCUT2D eigenvalue weighted by atomic mass is 35.5. The Bertz CT molecular complexity index is 734. The van der Waals surface area contributed by atoms with Crippen LogP contribution in [0, 0.1) is 0 Å². The van der Waals surface area contributed by atoms with Gasteiger partial charge in [-0.25, -0.2) is 0 Å². The number of carbonyl (C=O) groups is 1. The van der Waals surface area contributed by atoms with Gasteiger partial charge in [-0.05, 0) is 42.3 Å². The van der Waals surface area contributed by atoms with Crippen LogP contribution < -0.4 is 10.1 Å². The molecule has 0 aliphatic carbocycles. The van der Waals surface area contributed by atoms with Gasteiger partial charge in [-0.2, -0.15) is 13.2 Å². The molecule has 3 nitrogen and oxygen atoms in total. The summed E-state index contributed by atoms with van der Waals surface area (Å²) in [5.41, 5.74) is -0.387. The van der Waals surface area contributed by atoms with E-state index in [1.54, 1.807) is 31.2 Å². The van der Waals surface area contributed by atoms with E-state index >= 15 is 0 Å². The second kappa shape index (κ2) is 8.25. The monoisotopic (exact) mass is 371 g/mol. The molecular weight excluding hydrogens is 355 g/mol. The minimum absolute atomic E-state index is 0.0157. The highest BCUT2D eigenvalue weighted by Crippen LogP contribution is 2.29. The van der Waals surface area contributed by atoms with Gasteiger partial charge in [0.2, 0.25) is 0 Å². The molecule has 1 atom stereocenters. The lowest BCUT2D eigenvalue weighted by molar-refractivity contribution is -0.137. The zero-order valence-corrected chi connectivity index (χ0v) is 14.2. The molecular formula is C18H17ClF3NO2. The minimum atomic E-state index is -4.42. The Labute approximate surface area is 148 Å². The van der Waals surface area contributed by atoms with Crippen LogP contribution >= 0.6 is 11.6 Å². The number of hydrogen-bond donors (Lipinski definition) is 1. The number of benzene rings is 2. The van der Waals surface area contributed by atoms with Gasteiger partial charge < -0.3 is 10.1 Å². The SMILES string of the molecule is CC[C@H](Oc1cccc(Cl)c1)C(=O)NCc1cccc(C(F)(F)F)c1. The number of nitrogens with one attached hydrogen (secondary N) is 1. The van der Waals surface area contributed by atoms with E-state index in [1.807, 2.05) is 0 Å². The summed E-state index contributed by atoms with van der Waals surface area (Å²) in [6.07, 6.45) is -4.77. The van der Waals surface area contributed by atoms with Crippen LogP contribution in [-0.4, -0.2) is 12.0 Å². The average Bonchev–Trinajstić information content (AvgIpc) is 2.57. The highest BCUT2D eigenvalue weighted by Gasteiger charge is 2.30. The normalized spacial score (nSPS) is 12.5. The molecule has 0 radical (unpaired) electrons. The smallest absolute Gasteiger partial charge is 0.416 e. The maximum Gasteiger partial charge on any atom is 0.416 e. The molecule has 0 aliphatic rings. The lowest BCUT2D eigenvalue weighted by Gasteiger charge is -2.17. The van der Waals surface area contributed by atoms with E-state index in [0.717, 1.165) is 12.1 Å². The molecule has 2 rings (SSSR count). The summed E-state index contributed by atoms with van der Waals surface area (Å²) in [6, 6.07) is 11.5. The van der Waals surface area contributed by atoms with Crippen LogP contribution in [0.5, 0.6) is 5.75 Å². The minimum Gasteiger partial charge on any atom is -0.481 e. The van der Waals surface area contributed by atoms with Gasteiger partial charge in [0.1, 0.15) is 5.75 Å². The van der Waals surface area contributed by atoms with Crippen molar-refractivity contribution >= 4 is 17.5 Å². The Morgan fingerprint density at radius 2 is 1.92 bits per heavy atom. The van der Waals surface area contributed by atoms with Crippen LogP contribution in [0.4, 0.5) is 13.2 Å². The molecule has 0 fully saturated rings. The Balaban J connectivity index is 1.98. The summed E-state index contributed by atoms with van der Waals surface area (Å²) >= 11 is 5.87. The fourth-order valence-electron chi connectivity index (χ4n) is 2.19. The first-order valence-corrected chi connectivity index (χ1v) is 8.03. The average molecular weight is 372 g/mol. The molecule has 1 amide bonds. The number of ether oxygens (including phenoxy) is 1. The zero-order chi connectivity index (χ0) is 18.4. The van der Waals surface area contributed by atoms with Crippen molar-refractivity contribution in [2.24, 2.45) is 0 Å². The van der Waals surface area contributed by atoms with E-state index in [4.69, 9.17) is 16.3 Å². The molecule has 0 heterocycles. The largest absolute Gasteiger partial charge is 0.481 e. The topological polar surface area (TPSA) is 38.3 Å². The van der Waals surface area contributed by atoms with Crippen molar-refractivity contribution in [2.45, 2.75) is 32.2 Å². The van der Waals surface area contributed by atoms with Crippen molar-refractivity contribution in [3.05, 3.63) is 64.7 Å². The molecule has 0 saturated carbocycles. The van der Waals surface area contributed by atoms with Crippen LogP contribution in [0.1, 0.15) is 24.5 Å². The molecule has 25 heavy (non-hydrogen) atoms. The maximum absolute atomic E-state index is 12.7. The van der Waals surface area contributed by atoms with Crippen molar-refractivity contribution in [1.82, 2.24) is 5.32 Å². The molecule has 1 N–H and O–H groups in total. The van der Waals surface area contributed by atoms with E-state index in [-0.39, 0.29) is 6.54 Å². The van der Waals surface area contributed by atoms with E-state index in [1.165, 1.54) is 12.1 Å². The molecule has 2 aromatic carbocycles. The standard InChI is InChI=1S/C18H17ClF3NO2/c1-2-16(25-15-8-4-7-14(19)10-15)17(24)23-11-12-5-3-6-13(9-12)18(20,21)22/h3-10,16H,2,11H2,1H3,(H,23,24)/t16-/m0/s1. The van der Waals surface area contributed by atoms with Crippen LogP contribution in [0.15, 0.2) is 48.5 Å². The summed E-state index contributed by atoms with van der Waals surface area (Å²) in [5.74, 6) is 0.0495. The van der Waals surface area contributed by atoms with Gasteiger partial charge in [-0.1, -0.05) is 36.7 Å². The Morgan fingerprint density at radius 3 is 2.56 bits per heavy atom. The molecule has 2 aromatic rings.